The van der Waals surface area contributed by atoms with Crippen molar-refractivity contribution in [3.8, 4) is 18.4 Å². The fourth-order valence-corrected chi connectivity index (χ4v) is 1.50. The number of aliphatic hydroxyl groups is 1. The average molecular weight is 324 g/mol. The summed E-state index contributed by atoms with van der Waals surface area (Å²) in [4.78, 5) is 11.8. The Morgan fingerprint density at radius 2 is 1.87 bits per heavy atom. The minimum Gasteiger partial charge on any atom is -0.511 e. The third-order valence-corrected chi connectivity index (χ3v) is 2.60. The van der Waals surface area contributed by atoms with Gasteiger partial charge in [-0.2, -0.15) is 18.4 Å². The van der Waals surface area contributed by atoms with Crippen LogP contribution < -0.4 is 5.32 Å². The van der Waals surface area contributed by atoms with Crippen molar-refractivity contribution in [2.45, 2.75) is 26.4 Å². The van der Waals surface area contributed by atoms with Crippen molar-refractivity contribution in [2.24, 2.45) is 0 Å². The summed E-state index contributed by atoms with van der Waals surface area (Å²) >= 11 is 0. The van der Waals surface area contributed by atoms with Gasteiger partial charge in [-0.3, -0.25) is 4.79 Å². The number of anilines is 1. The number of halogens is 3. The van der Waals surface area contributed by atoms with Gasteiger partial charge in [0.15, 0.2) is 5.57 Å². The van der Waals surface area contributed by atoms with Gasteiger partial charge in [0.2, 0.25) is 0 Å². The molecule has 0 fully saturated rings. The van der Waals surface area contributed by atoms with E-state index in [2.05, 4.69) is 11.2 Å². The van der Waals surface area contributed by atoms with Crippen LogP contribution in [-0.2, 0) is 11.0 Å². The molecule has 0 saturated carbocycles. The Bertz CT molecular complexity index is 663. The summed E-state index contributed by atoms with van der Waals surface area (Å²) in [7, 11) is 0. The molecule has 7 heteroatoms. The number of rotatable bonds is 4. The highest BCUT2D eigenvalue weighted by atomic mass is 19.4. The molecule has 0 atom stereocenters. The quantitative estimate of drug-likeness (QED) is 0.380. The number of carbonyl (C=O) groups excluding carboxylic acids is 1. The third-order valence-electron chi connectivity index (χ3n) is 2.60. The van der Waals surface area contributed by atoms with E-state index in [1.165, 1.54) is 6.07 Å². The number of nitriles is 1. The maximum Gasteiger partial charge on any atom is 0.416 e. The fraction of sp³-hybridized carbons (Fsp3) is 0.250. The van der Waals surface area contributed by atoms with Gasteiger partial charge < -0.3 is 10.4 Å². The van der Waals surface area contributed by atoms with Crippen molar-refractivity contribution >= 4 is 11.6 Å². The van der Waals surface area contributed by atoms with Crippen LogP contribution in [0.25, 0.3) is 0 Å². The highest BCUT2D eigenvalue weighted by molar-refractivity contribution is 6.06. The molecule has 122 valence electrons. The topological polar surface area (TPSA) is 73.1 Å². The molecule has 2 N–H and O–H groups in total. The van der Waals surface area contributed by atoms with Gasteiger partial charge in [0.05, 0.1) is 5.56 Å². The zero-order valence-corrected chi connectivity index (χ0v) is 11.2. The van der Waals surface area contributed by atoms with Gasteiger partial charge in [-0.1, -0.05) is 7.43 Å². The predicted octanol–water partition coefficient (Wildman–Crippen LogP) is 4.03. The van der Waals surface area contributed by atoms with Crippen molar-refractivity contribution in [3.63, 3.8) is 0 Å². The number of carbonyl (C=O) groups is 1. The van der Waals surface area contributed by atoms with E-state index in [9.17, 15) is 23.1 Å². The summed E-state index contributed by atoms with van der Waals surface area (Å²) in [5.74, 6) is 0.857. The summed E-state index contributed by atoms with van der Waals surface area (Å²) in [5, 5.41) is 20.7. The number of nitrogens with zero attached hydrogens (tertiary/aromatic N) is 1. The number of allylic oxidation sites excluding steroid dienone is 1. The van der Waals surface area contributed by atoms with E-state index in [1.807, 2.05) is 0 Å². The Kier molecular flexibility index (Phi) is 7.41. The van der Waals surface area contributed by atoms with Gasteiger partial charge in [-0.15, -0.1) is 12.3 Å². The Balaban J connectivity index is 0.00000484. The molecule has 0 aromatic heterocycles. The second kappa shape index (κ2) is 8.50. The van der Waals surface area contributed by atoms with Crippen LogP contribution in [0, 0.1) is 23.7 Å². The summed E-state index contributed by atoms with van der Waals surface area (Å²) in [6.45, 7) is 0. The van der Waals surface area contributed by atoms with E-state index < -0.39 is 29.0 Å². The smallest absolute Gasteiger partial charge is 0.416 e. The molecule has 0 saturated heterocycles. The van der Waals surface area contributed by atoms with Crippen molar-refractivity contribution in [3.05, 3.63) is 41.2 Å². The van der Waals surface area contributed by atoms with E-state index in [0.717, 1.165) is 24.3 Å². The van der Waals surface area contributed by atoms with Gasteiger partial charge in [0.25, 0.3) is 5.91 Å². The lowest BCUT2D eigenvalue weighted by molar-refractivity contribution is -0.137. The second-order valence-corrected chi connectivity index (χ2v) is 4.17. The largest absolute Gasteiger partial charge is 0.511 e. The number of amides is 1. The summed E-state index contributed by atoms with van der Waals surface area (Å²) in [6.07, 6.45) is 0.631. The molecule has 0 aliphatic heterocycles. The molecule has 23 heavy (non-hydrogen) atoms. The molecular formula is C16H15F3N2O2. The lowest BCUT2D eigenvalue weighted by Crippen LogP contribution is -2.15. The second-order valence-electron chi connectivity index (χ2n) is 4.17. The molecule has 1 aromatic carbocycles. The van der Waals surface area contributed by atoms with Gasteiger partial charge in [0, 0.05) is 18.5 Å². The van der Waals surface area contributed by atoms with Crippen LogP contribution in [0.2, 0.25) is 0 Å². The monoisotopic (exact) mass is 324 g/mol. The molecule has 0 heterocycles. The summed E-state index contributed by atoms with van der Waals surface area (Å²) in [5.41, 5.74) is -1.33. The van der Waals surface area contributed by atoms with Crippen molar-refractivity contribution < 1.29 is 23.1 Å². The summed E-state index contributed by atoms with van der Waals surface area (Å²) in [6, 6.07) is 5.23. The molecule has 1 rings (SSSR count). The van der Waals surface area contributed by atoms with Crippen LogP contribution in [0.1, 0.15) is 25.8 Å². The number of hydrogen-bond acceptors (Lipinski definition) is 3. The molecular weight excluding hydrogens is 309 g/mol. The van der Waals surface area contributed by atoms with Crippen LogP contribution in [0.3, 0.4) is 0 Å². The first kappa shape index (κ1) is 20.1. The van der Waals surface area contributed by atoms with Gasteiger partial charge in [-0.25, -0.2) is 0 Å². The molecule has 0 aliphatic rings. The molecule has 4 nitrogen and oxygen atoms in total. The van der Waals surface area contributed by atoms with Crippen LogP contribution >= 0.6 is 0 Å². The van der Waals surface area contributed by atoms with Crippen LogP contribution in [0.15, 0.2) is 35.6 Å². The Hall–Kier alpha value is -2.93. The van der Waals surface area contributed by atoms with Crippen LogP contribution in [-0.4, -0.2) is 11.0 Å². The summed E-state index contributed by atoms with van der Waals surface area (Å²) < 4.78 is 37.2. The fourth-order valence-electron chi connectivity index (χ4n) is 1.50. The van der Waals surface area contributed by atoms with Gasteiger partial charge in [0.1, 0.15) is 11.8 Å². The van der Waals surface area contributed by atoms with Gasteiger partial charge in [-0.05, 0) is 24.3 Å². The average Bonchev–Trinajstić information content (AvgIpc) is 2.45. The molecule has 0 bridgehead atoms. The Morgan fingerprint density at radius 3 is 2.30 bits per heavy atom. The maximum atomic E-state index is 12.4. The number of alkyl halides is 3. The number of terminal acetylenes is 1. The number of benzene rings is 1. The molecule has 0 unspecified atom stereocenters. The zero-order chi connectivity index (χ0) is 16.8. The van der Waals surface area contributed by atoms with E-state index in [1.54, 1.807) is 0 Å². The Morgan fingerprint density at radius 1 is 1.30 bits per heavy atom. The first-order valence-corrected chi connectivity index (χ1v) is 6.04. The van der Waals surface area contributed by atoms with E-state index >= 15 is 0 Å². The van der Waals surface area contributed by atoms with Crippen molar-refractivity contribution in [1.29, 1.82) is 5.26 Å². The number of aliphatic hydroxyl groups excluding tert-OH is 1. The minimum atomic E-state index is -4.48. The minimum absolute atomic E-state index is 0. The molecule has 1 aromatic rings. The van der Waals surface area contributed by atoms with E-state index in [-0.39, 0.29) is 26.0 Å². The third kappa shape index (κ3) is 5.76. The molecule has 1 amide bonds. The highest BCUT2D eigenvalue weighted by Crippen LogP contribution is 2.29. The number of nitrogens with one attached hydrogen (secondary N) is 1. The first-order valence-electron chi connectivity index (χ1n) is 6.04. The van der Waals surface area contributed by atoms with Crippen molar-refractivity contribution in [1.82, 2.24) is 0 Å². The lowest BCUT2D eigenvalue weighted by Gasteiger charge is -2.09. The van der Waals surface area contributed by atoms with Crippen LogP contribution in [0.4, 0.5) is 18.9 Å². The van der Waals surface area contributed by atoms with E-state index in [0.29, 0.717) is 0 Å². The van der Waals surface area contributed by atoms with E-state index in [4.69, 9.17) is 11.7 Å². The molecule has 0 aliphatic carbocycles. The molecule has 0 radical (unpaired) electrons. The Labute approximate surface area is 132 Å². The predicted molar refractivity (Wildman–Crippen MR) is 80.1 cm³/mol. The van der Waals surface area contributed by atoms with Crippen LogP contribution in [0.5, 0.6) is 0 Å². The van der Waals surface area contributed by atoms with Gasteiger partial charge >= 0.3 is 6.18 Å². The standard InChI is InChI=1S/C15H11F3N2O2.CH4/c1-2-3-4-13(21)12(9-19)14(22)20-11-7-5-10(6-8-11)15(16,17)18;/h1,5-8,21H,3-4H2,(H,20,22);1H4/b13-12-;. The highest BCUT2D eigenvalue weighted by Gasteiger charge is 2.30. The zero-order valence-electron chi connectivity index (χ0n) is 11.2. The SMILES string of the molecule is C.C#CCC/C(O)=C(\C#N)C(=O)Nc1ccc(C(F)(F)F)cc1. The first-order chi connectivity index (χ1) is 10.3. The number of hydrogen-bond donors (Lipinski definition) is 2. The lowest BCUT2D eigenvalue weighted by atomic mass is 10.1. The normalized spacial score (nSPS) is 11.3. The van der Waals surface area contributed by atoms with Crippen molar-refractivity contribution in [2.75, 3.05) is 5.32 Å². The maximum absolute atomic E-state index is 12.4. The molecule has 0 spiro atoms.